The maximum absolute atomic E-state index is 11.9. The predicted octanol–water partition coefficient (Wildman–Crippen LogP) is 2.82. The Bertz CT molecular complexity index is 252. The van der Waals surface area contributed by atoms with E-state index in [9.17, 15) is 4.79 Å². The Balaban J connectivity index is 1.81. The zero-order valence-corrected chi connectivity index (χ0v) is 10.3. The minimum atomic E-state index is -0.288. The van der Waals surface area contributed by atoms with E-state index >= 15 is 0 Å². The fraction of sp³-hybridized carbons (Fsp3) is 0.923. The van der Waals surface area contributed by atoms with Gasteiger partial charge in [0, 0.05) is 0 Å². The number of hydrogen-bond donors (Lipinski definition) is 0. The van der Waals surface area contributed by atoms with Crippen molar-refractivity contribution in [2.24, 2.45) is 0 Å². The van der Waals surface area contributed by atoms with Gasteiger partial charge in [0.25, 0.3) is 0 Å². The molecule has 1 heterocycles. The molecule has 0 aromatic carbocycles. The lowest BCUT2D eigenvalue weighted by Crippen LogP contribution is -2.27. The van der Waals surface area contributed by atoms with Gasteiger partial charge < -0.3 is 9.47 Å². The van der Waals surface area contributed by atoms with E-state index in [0.717, 1.165) is 25.7 Å². The van der Waals surface area contributed by atoms with Gasteiger partial charge in [-0.05, 0) is 38.5 Å². The van der Waals surface area contributed by atoms with Crippen molar-refractivity contribution in [3.05, 3.63) is 0 Å². The van der Waals surface area contributed by atoms with Gasteiger partial charge in [0.05, 0.1) is 0 Å². The lowest BCUT2D eigenvalue weighted by molar-refractivity contribution is -0.152. The molecule has 0 aromatic heterocycles. The number of esters is 1. The average molecular weight is 226 g/mol. The molecule has 1 saturated heterocycles. The fourth-order valence-electron chi connectivity index (χ4n) is 2.66. The van der Waals surface area contributed by atoms with Crippen LogP contribution >= 0.6 is 0 Å². The molecule has 0 aromatic rings. The first-order valence-electron chi connectivity index (χ1n) is 6.60. The summed E-state index contributed by atoms with van der Waals surface area (Å²) < 4.78 is 11.0. The van der Waals surface area contributed by atoms with Gasteiger partial charge in [0.2, 0.25) is 0 Å². The molecule has 1 saturated carbocycles. The minimum Gasteiger partial charge on any atom is -0.460 e. The van der Waals surface area contributed by atoms with E-state index in [-0.39, 0.29) is 23.8 Å². The maximum Gasteiger partial charge on any atom is 0.338 e. The summed E-state index contributed by atoms with van der Waals surface area (Å²) in [5, 5.41) is 0. The van der Waals surface area contributed by atoms with Crippen LogP contribution < -0.4 is 0 Å². The molecule has 2 rings (SSSR count). The second-order valence-electron chi connectivity index (χ2n) is 4.97. The van der Waals surface area contributed by atoms with E-state index in [0.29, 0.717) is 0 Å². The molecular formula is C13H22O3. The molecular weight excluding hydrogens is 204 g/mol. The number of ether oxygens (including phenoxy) is 2. The molecule has 1 atom stereocenters. The summed E-state index contributed by atoms with van der Waals surface area (Å²) in [6.45, 7) is 4.13. The van der Waals surface area contributed by atoms with Gasteiger partial charge in [0.1, 0.15) is 11.7 Å². The summed E-state index contributed by atoms with van der Waals surface area (Å²) in [5.74, 6) is -0.129. The Kier molecular flexibility index (Phi) is 3.53. The third kappa shape index (κ3) is 2.24. The van der Waals surface area contributed by atoms with Crippen molar-refractivity contribution in [1.29, 1.82) is 0 Å². The molecule has 0 radical (unpaired) electrons. The van der Waals surface area contributed by atoms with Gasteiger partial charge in [-0.3, -0.25) is 0 Å². The Morgan fingerprint density at radius 3 is 2.38 bits per heavy atom. The number of carbonyl (C=O) groups excluding carboxylic acids is 1. The van der Waals surface area contributed by atoms with E-state index < -0.39 is 0 Å². The average Bonchev–Trinajstić information content (AvgIpc) is 3.06. The summed E-state index contributed by atoms with van der Waals surface area (Å²) in [6, 6.07) is 0. The summed E-state index contributed by atoms with van der Waals surface area (Å²) in [4.78, 5) is 11.9. The first-order chi connectivity index (χ1) is 7.72. The highest BCUT2D eigenvalue weighted by atomic mass is 16.7. The third-order valence-corrected chi connectivity index (χ3v) is 4.02. The zero-order chi connectivity index (χ0) is 11.6. The number of rotatable bonds is 4. The van der Waals surface area contributed by atoms with Gasteiger partial charge in [-0.1, -0.05) is 20.3 Å². The zero-order valence-electron chi connectivity index (χ0n) is 10.3. The molecule has 3 heteroatoms. The smallest absolute Gasteiger partial charge is 0.338 e. The number of epoxide rings is 1. The Morgan fingerprint density at radius 2 is 1.88 bits per heavy atom. The molecule has 0 amide bonds. The molecule has 92 valence electrons. The van der Waals surface area contributed by atoms with Crippen LogP contribution in [-0.2, 0) is 14.3 Å². The summed E-state index contributed by atoms with van der Waals surface area (Å²) >= 11 is 0. The largest absolute Gasteiger partial charge is 0.460 e. The first-order valence-corrected chi connectivity index (χ1v) is 6.60. The van der Waals surface area contributed by atoms with Gasteiger partial charge in [-0.15, -0.1) is 0 Å². The quantitative estimate of drug-likeness (QED) is 0.546. The second kappa shape index (κ2) is 4.74. The third-order valence-electron chi connectivity index (χ3n) is 4.02. The molecule has 2 fully saturated rings. The van der Waals surface area contributed by atoms with Crippen molar-refractivity contribution in [3.63, 3.8) is 0 Å². The van der Waals surface area contributed by atoms with Crippen molar-refractivity contribution in [3.8, 4) is 0 Å². The summed E-state index contributed by atoms with van der Waals surface area (Å²) in [5.41, 5.74) is -0.203. The van der Waals surface area contributed by atoms with Crippen molar-refractivity contribution in [1.82, 2.24) is 0 Å². The van der Waals surface area contributed by atoms with Crippen molar-refractivity contribution >= 4 is 5.97 Å². The molecule has 1 aliphatic heterocycles. The van der Waals surface area contributed by atoms with Gasteiger partial charge in [0.15, 0.2) is 6.10 Å². The van der Waals surface area contributed by atoms with E-state index in [1.54, 1.807) is 0 Å². The van der Waals surface area contributed by atoms with Crippen molar-refractivity contribution < 1.29 is 14.3 Å². The van der Waals surface area contributed by atoms with E-state index in [2.05, 4.69) is 13.8 Å². The lowest BCUT2D eigenvalue weighted by Gasteiger charge is -2.21. The maximum atomic E-state index is 11.9. The van der Waals surface area contributed by atoms with Crippen molar-refractivity contribution in [2.75, 3.05) is 0 Å². The normalized spacial score (nSPS) is 28.8. The Labute approximate surface area is 97.5 Å². The minimum absolute atomic E-state index is 0.129. The van der Waals surface area contributed by atoms with Crippen LogP contribution in [0.2, 0.25) is 0 Å². The van der Waals surface area contributed by atoms with Gasteiger partial charge in [-0.25, -0.2) is 4.79 Å². The standard InChI is InChI=1S/C13H22O3/c1-3-13(4-2)11(16-13)12(14)15-10-8-6-5-7-9-10/h10-11H,3-9H2,1-2H3. The van der Waals surface area contributed by atoms with Crippen LogP contribution in [-0.4, -0.2) is 23.8 Å². The molecule has 0 N–H and O–H groups in total. The summed E-state index contributed by atoms with van der Waals surface area (Å²) in [6.07, 6.45) is 7.38. The Morgan fingerprint density at radius 1 is 1.25 bits per heavy atom. The van der Waals surface area contributed by atoms with Crippen LogP contribution in [0.3, 0.4) is 0 Å². The molecule has 0 bridgehead atoms. The summed E-state index contributed by atoms with van der Waals surface area (Å²) in [7, 11) is 0. The lowest BCUT2D eigenvalue weighted by atomic mass is 9.97. The van der Waals surface area contributed by atoms with Gasteiger partial charge in [-0.2, -0.15) is 0 Å². The monoisotopic (exact) mass is 226 g/mol. The van der Waals surface area contributed by atoms with E-state index in [1.165, 1.54) is 19.3 Å². The highest BCUT2D eigenvalue weighted by Crippen LogP contribution is 2.43. The second-order valence-corrected chi connectivity index (χ2v) is 4.97. The van der Waals surface area contributed by atoms with E-state index in [4.69, 9.17) is 9.47 Å². The van der Waals surface area contributed by atoms with Crippen LogP contribution in [0, 0.1) is 0 Å². The highest BCUT2D eigenvalue weighted by molar-refractivity contribution is 5.79. The first kappa shape index (κ1) is 11.9. The van der Waals surface area contributed by atoms with E-state index in [1.807, 2.05) is 0 Å². The van der Waals surface area contributed by atoms with Crippen LogP contribution in [0.25, 0.3) is 0 Å². The molecule has 1 aliphatic carbocycles. The van der Waals surface area contributed by atoms with Crippen LogP contribution in [0.5, 0.6) is 0 Å². The predicted molar refractivity (Wildman–Crippen MR) is 61.2 cm³/mol. The van der Waals surface area contributed by atoms with Gasteiger partial charge >= 0.3 is 5.97 Å². The molecule has 3 nitrogen and oxygen atoms in total. The fourth-order valence-corrected chi connectivity index (χ4v) is 2.66. The molecule has 0 spiro atoms. The molecule has 2 aliphatic rings. The number of hydrogen-bond acceptors (Lipinski definition) is 3. The Hall–Kier alpha value is -0.570. The highest BCUT2D eigenvalue weighted by Gasteiger charge is 2.59. The van der Waals surface area contributed by atoms with Crippen LogP contribution in [0.4, 0.5) is 0 Å². The molecule has 1 unspecified atom stereocenters. The van der Waals surface area contributed by atoms with Crippen LogP contribution in [0.1, 0.15) is 58.8 Å². The SMILES string of the molecule is CCC1(CC)OC1C(=O)OC1CCCCC1. The topological polar surface area (TPSA) is 38.8 Å². The number of carbonyl (C=O) groups is 1. The van der Waals surface area contributed by atoms with Crippen LogP contribution in [0.15, 0.2) is 0 Å². The molecule has 16 heavy (non-hydrogen) atoms. The van der Waals surface area contributed by atoms with Crippen molar-refractivity contribution in [2.45, 2.75) is 76.6 Å².